The minimum absolute atomic E-state index is 0.215. The molecule has 1 unspecified atom stereocenters. The monoisotopic (exact) mass is 306 g/mol. The second-order valence-electron chi connectivity index (χ2n) is 4.55. The summed E-state index contributed by atoms with van der Waals surface area (Å²) in [6, 6.07) is 2.10. The molecular formula is C12H16BrClS. The molecular weight excluding hydrogens is 292 g/mol. The van der Waals surface area contributed by atoms with E-state index in [1.807, 2.05) is 0 Å². The van der Waals surface area contributed by atoms with Gasteiger partial charge in [-0.3, -0.25) is 0 Å². The van der Waals surface area contributed by atoms with Crippen LogP contribution >= 0.6 is 38.9 Å². The van der Waals surface area contributed by atoms with Gasteiger partial charge in [0, 0.05) is 9.35 Å². The Morgan fingerprint density at radius 1 is 1.40 bits per heavy atom. The molecule has 1 aromatic heterocycles. The van der Waals surface area contributed by atoms with Crippen molar-refractivity contribution in [3.05, 3.63) is 20.8 Å². The number of thiophene rings is 1. The van der Waals surface area contributed by atoms with Gasteiger partial charge in [-0.25, -0.2) is 0 Å². The molecule has 84 valence electrons. The summed E-state index contributed by atoms with van der Waals surface area (Å²) in [5.41, 5.74) is 0. The van der Waals surface area contributed by atoms with E-state index in [2.05, 4.69) is 34.3 Å². The molecule has 0 aromatic carbocycles. The fourth-order valence-electron chi connectivity index (χ4n) is 2.29. The summed E-state index contributed by atoms with van der Waals surface area (Å²) < 4.78 is 1.19. The van der Waals surface area contributed by atoms with Gasteiger partial charge in [0.2, 0.25) is 0 Å². The molecule has 1 saturated carbocycles. The number of hydrogen-bond donors (Lipinski definition) is 0. The predicted octanol–water partition coefficient (Wildman–Crippen LogP) is 5.62. The molecule has 0 spiro atoms. The van der Waals surface area contributed by atoms with Crippen LogP contribution in [0.2, 0.25) is 0 Å². The van der Waals surface area contributed by atoms with Gasteiger partial charge in [0.1, 0.15) is 0 Å². The average Bonchev–Trinajstić information content (AvgIpc) is 2.65. The standard InChI is InChI=1S/C12H16BrClS/c1-8-2-4-9(5-3-8)11(14)12-10(13)6-7-15-12/h6-9,11H,2-5H2,1H3. The minimum Gasteiger partial charge on any atom is -0.146 e. The Hall–Kier alpha value is 0.470. The maximum absolute atomic E-state index is 6.56. The van der Waals surface area contributed by atoms with Crippen LogP contribution in [0.1, 0.15) is 42.9 Å². The Labute approximate surface area is 109 Å². The average molecular weight is 308 g/mol. The van der Waals surface area contributed by atoms with E-state index >= 15 is 0 Å². The van der Waals surface area contributed by atoms with Crippen LogP contribution in [0.3, 0.4) is 0 Å². The summed E-state index contributed by atoms with van der Waals surface area (Å²) in [6.45, 7) is 2.35. The van der Waals surface area contributed by atoms with Crippen molar-refractivity contribution in [3.8, 4) is 0 Å². The second-order valence-corrected chi connectivity index (χ2v) is 6.83. The van der Waals surface area contributed by atoms with Crippen LogP contribution in [0.25, 0.3) is 0 Å². The molecule has 0 radical (unpaired) electrons. The SMILES string of the molecule is CC1CCC(C(Cl)c2sccc2Br)CC1. The lowest BCUT2D eigenvalue weighted by Crippen LogP contribution is -2.16. The largest absolute Gasteiger partial charge is 0.146 e. The van der Waals surface area contributed by atoms with Crippen molar-refractivity contribution < 1.29 is 0 Å². The first-order valence-corrected chi connectivity index (χ1v) is 7.66. The lowest BCUT2D eigenvalue weighted by Gasteiger charge is -2.29. The van der Waals surface area contributed by atoms with E-state index in [9.17, 15) is 0 Å². The predicted molar refractivity (Wildman–Crippen MR) is 71.7 cm³/mol. The van der Waals surface area contributed by atoms with E-state index in [-0.39, 0.29) is 5.38 Å². The van der Waals surface area contributed by atoms with Gasteiger partial charge in [0.05, 0.1) is 5.38 Å². The van der Waals surface area contributed by atoms with E-state index in [1.165, 1.54) is 35.0 Å². The molecule has 1 aromatic rings. The smallest absolute Gasteiger partial charge is 0.0718 e. The lowest BCUT2D eigenvalue weighted by molar-refractivity contribution is 0.284. The highest BCUT2D eigenvalue weighted by atomic mass is 79.9. The molecule has 1 fully saturated rings. The Bertz CT molecular complexity index is 315. The van der Waals surface area contributed by atoms with Crippen molar-refractivity contribution in [2.24, 2.45) is 11.8 Å². The third kappa shape index (κ3) is 2.78. The first-order chi connectivity index (χ1) is 7.18. The van der Waals surface area contributed by atoms with Crippen molar-refractivity contribution in [3.63, 3.8) is 0 Å². The number of rotatable bonds is 2. The molecule has 3 heteroatoms. The highest BCUT2D eigenvalue weighted by Gasteiger charge is 2.27. The van der Waals surface area contributed by atoms with Gasteiger partial charge >= 0.3 is 0 Å². The third-order valence-electron chi connectivity index (χ3n) is 3.37. The third-order valence-corrected chi connectivity index (χ3v) is 6.03. The summed E-state index contributed by atoms with van der Waals surface area (Å²) in [4.78, 5) is 1.32. The topological polar surface area (TPSA) is 0 Å². The molecule has 1 heterocycles. The zero-order valence-electron chi connectivity index (χ0n) is 8.88. The van der Waals surface area contributed by atoms with E-state index in [4.69, 9.17) is 11.6 Å². The summed E-state index contributed by atoms with van der Waals surface area (Å²) >= 11 is 11.9. The van der Waals surface area contributed by atoms with Crippen molar-refractivity contribution >= 4 is 38.9 Å². The zero-order chi connectivity index (χ0) is 10.8. The van der Waals surface area contributed by atoms with Gasteiger partial charge in [-0.15, -0.1) is 22.9 Å². The highest BCUT2D eigenvalue weighted by Crippen LogP contribution is 2.44. The molecule has 0 bridgehead atoms. The fourth-order valence-corrected chi connectivity index (χ4v) is 4.64. The molecule has 0 aliphatic heterocycles. The van der Waals surface area contributed by atoms with E-state index in [1.54, 1.807) is 11.3 Å². The van der Waals surface area contributed by atoms with Gasteiger partial charge in [-0.1, -0.05) is 19.8 Å². The maximum atomic E-state index is 6.56. The van der Waals surface area contributed by atoms with Crippen molar-refractivity contribution in [2.45, 2.75) is 38.0 Å². The number of hydrogen-bond acceptors (Lipinski definition) is 1. The van der Waals surface area contributed by atoms with E-state index in [0.717, 1.165) is 5.92 Å². The van der Waals surface area contributed by atoms with Crippen LogP contribution in [0, 0.1) is 11.8 Å². The van der Waals surface area contributed by atoms with Crippen LogP contribution in [0.4, 0.5) is 0 Å². The van der Waals surface area contributed by atoms with Gasteiger partial charge in [0.25, 0.3) is 0 Å². The second kappa shape index (κ2) is 5.20. The molecule has 2 rings (SSSR count). The van der Waals surface area contributed by atoms with Gasteiger partial charge < -0.3 is 0 Å². The quantitative estimate of drug-likeness (QED) is 0.622. The summed E-state index contributed by atoms with van der Waals surface area (Å²) in [5.74, 6) is 1.58. The summed E-state index contributed by atoms with van der Waals surface area (Å²) in [7, 11) is 0. The van der Waals surface area contributed by atoms with Crippen molar-refractivity contribution in [1.82, 2.24) is 0 Å². The van der Waals surface area contributed by atoms with Gasteiger partial charge in [0.15, 0.2) is 0 Å². The first-order valence-electron chi connectivity index (χ1n) is 5.55. The van der Waals surface area contributed by atoms with Crippen LogP contribution in [0.15, 0.2) is 15.9 Å². The Kier molecular flexibility index (Phi) is 4.14. The van der Waals surface area contributed by atoms with Crippen LogP contribution in [-0.4, -0.2) is 0 Å². The van der Waals surface area contributed by atoms with E-state index < -0.39 is 0 Å². The molecule has 0 N–H and O–H groups in total. The van der Waals surface area contributed by atoms with Crippen molar-refractivity contribution in [1.29, 1.82) is 0 Å². The number of halogens is 2. The lowest BCUT2D eigenvalue weighted by atomic mass is 9.81. The molecule has 0 nitrogen and oxygen atoms in total. The number of alkyl halides is 1. The molecule has 1 aliphatic rings. The van der Waals surface area contributed by atoms with Crippen LogP contribution in [-0.2, 0) is 0 Å². The normalized spacial score (nSPS) is 29.0. The fraction of sp³-hybridized carbons (Fsp3) is 0.667. The molecule has 1 aliphatic carbocycles. The Balaban J connectivity index is 2.02. The van der Waals surface area contributed by atoms with Crippen LogP contribution in [0.5, 0.6) is 0 Å². The Morgan fingerprint density at radius 3 is 2.60 bits per heavy atom. The molecule has 1 atom stereocenters. The minimum atomic E-state index is 0.215. The van der Waals surface area contributed by atoms with Crippen LogP contribution < -0.4 is 0 Å². The highest BCUT2D eigenvalue weighted by molar-refractivity contribution is 9.10. The first kappa shape index (κ1) is 11.9. The molecule has 15 heavy (non-hydrogen) atoms. The summed E-state index contributed by atoms with van der Waals surface area (Å²) in [5, 5.41) is 2.33. The van der Waals surface area contributed by atoms with Crippen molar-refractivity contribution in [2.75, 3.05) is 0 Å². The molecule has 0 amide bonds. The Morgan fingerprint density at radius 2 is 2.07 bits per heavy atom. The summed E-state index contributed by atoms with van der Waals surface area (Å²) in [6.07, 6.45) is 5.27. The van der Waals surface area contributed by atoms with Gasteiger partial charge in [-0.2, -0.15) is 0 Å². The maximum Gasteiger partial charge on any atom is 0.0718 e. The molecule has 0 saturated heterocycles. The van der Waals surface area contributed by atoms with E-state index in [0.29, 0.717) is 5.92 Å². The van der Waals surface area contributed by atoms with Gasteiger partial charge in [-0.05, 0) is 52.1 Å². The zero-order valence-corrected chi connectivity index (χ0v) is 12.0.